The van der Waals surface area contributed by atoms with Gasteiger partial charge < -0.3 is 15.2 Å². The van der Waals surface area contributed by atoms with E-state index in [1.807, 2.05) is 6.92 Å². The minimum Gasteiger partial charge on any atom is -0.496 e. The van der Waals surface area contributed by atoms with E-state index in [1.54, 1.807) is 7.11 Å². The van der Waals surface area contributed by atoms with E-state index in [-0.39, 0.29) is 6.04 Å². The maximum atomic E-state index is 6.30. The van der Waals surface area contributed by atoms with Gasteiger partial charge in [0.05, 0.1) is 7.11 Å². The van der Waals surface area contributed by atoms with Crippen LogP contribution in [0.1, 0.15) is 36.4 Å². The molecule has 2 rings (SSSR count). The van der Waals surface area contributed by atoms with E-state index in [4.69, 9.17) is 15.2 Å². The number of benzene rings is 1. The van der Waals surface area contributed by atoms with Gasteiger partial charge in [-0.3, -0.25) is 0 Å². The summed E-state index contributed by atoms with van der Waals surface area (Å²) in [7, 11) is 1.70. The first kappa shape index (κ1) is 13.4. The lowest BCUT2D eigenvalue weighted by Gasteiger charge is -2.25. The van der Waals surface area contributed by atoms with Crippen LogP contribution in [0.5, 0.6) is 5.75 Å². The highest BCUT2D eigenvalue weighted by molar-refractivity contribution is 5.37. The van der Waals surface area contributed by atoms with Crippen molar-refractivity contribution in [2.24, 2.45) is 11.7 Å². The molecule has 0 spiro atoms. The molecular weight excluding hydrogens is 226 g/mol. The van der Waals surface area contributed by atoms with E-state index >= 15 is 0 Å². The monoisotopic (exact) mass is 249 g/mol. The standard InChI is InChI=1S/C15H23NO2/c1-11-3-4-13(10-15(11)17-2)14(16)9-12-5-7-18-8-6-12/h3-4,10,12,14H,5-9,16H2,1-2H3. The van der Waals surface area contributed by atoms with Gasteiger partial charge >= 0.3 is 0 Å². The van der Waals surface area contributed by atoms with Crippen molar-refractivity contribution in [2.45, 2.75) is 32.2 Å². The third kappa shape index (κ3) is 3.24. The second kappa shape index (κ2) is 6.21. The van der Waals surface area contributed by atoms with E-state index in [9.17, 15) is 0 Å². The molecule has 1 aliphatic heterocycles. The number of rotatable bonds is 4. The van der Waals surface area contributed by atoms with Crippen LogP contribution in [0.4, 0.5) is 0 Å². The Hall–Kier alpha value is -1.06. The lowest BCUT2D eigenvalue weighted by atomic mass is 9.89. The van der Waals surface area contributed by atoms with Crippen molar-refractivity contribution in [2.75, 3.05) is 20.3 Å². The minimum absolute atomic E-state index is 0.0996. The van der Waals surface area contributed by atoms with Crippen LogP contribution in [-0.4, -0.2) is 20.3 Å². The van der Waals surface area contributed by atoms with Gasteiger partial charge in [-0.1, -0.05) is 12.1 Å². The predicted octanol–water partition coefficient (Wildman–Crippen LogP) is 2.82. The smallest absolute Gasteiger partial charge is 0.122 e. The number of hydrogen-bond acceptors (Lipinski definition) is 3. The summed E-state index contributed by atoms with van der Waals surface area (Å²) in [6, 6.07) is 6.36. The van der Waals surface area contributed by atoms with Gasteiger partial charge in [-0.05, 0) is 49.3 Å². The number of aryl methyl sites for hydroxylation is 1. The van der Waals surface area contributed by atoms with E-state index in [1.165, 1.54) is 5.56 Å². The van der Waals surface area contributed by atoms with Crippen LogP contribution in [0.25, 0.3) is 0 Å². The van der Waals surface area contributed by atoms with E-state index in [0.29, 0.717) is 5.92 Å². The Balaban J connectivity index is 2.01. The molecular formula is C15H23NO2. The van der Waals surface area contributed by atoms with Crippen molar-refractivity contribution < 1.29 is 9.47 Å². The molecule has 0 aliphatic carbocycles. The van der Waals surface area contributed by atoms with Gasteiger partial charge in [0.1, 0.15) is 5.75 Å². The summed E-state index contributed by atoms with van der Waals surface area (Å²) in [4.78, 5) is 0. The Bertz CT molecular complexity index is 386. The van der Waals surface area contributed by atoms with Crippen LogP contribution >= 0.6 is 0 Å². The van der Waals surface area contributed by atoms with E-state index in [0.717, 1.165) is 43.8 Å². The van der Waals surface area contributed by atoms with Gasteiger partial charge in [0, 0.05) is 19.3 Å². The molecule has 1 unspecified atom stereocenters. The Labute approximate surface area is 109 Å². The molecule has 1 aliphatic rings. The van der Waals surface area contributed by atoms with Crippen LogP contribution in [0.15, 0.2) is 18.2 Å². The highest BCUT2D eigenvalue weighted by atomic mass is 16.5. The van der Waals surface area contributed by atoms with Gasteiger partial charge in [-0.2, -0.15) is 0 Å². The Kier molecular flexibility index (Phi) is 4.61. The molecule has 2 N–H and O–H groups in total. The highest BCUT2D eigenvalue weighted by Crippen LogP contribution is 2.28. The highest BCUT2D eigenvalue weighted by Gasteiger charge is 2.18. The average molecular weight is 249 g/mol. The maximum absolute atomic E-state index is 6.30. The predicted molar refractivity (Wildman–Crippen MR) is 72.8 cm³/mol. The molecule has 1 aromatic rings. The van der Waals surface area contributed by atoms with Crippen molar-refractivity contribution >= 4 is 0 Å². The number of nitrogens with two attached hydrogens (primary N) is 1. The third-order valence-electron chi connectivity index (χ3n) is 3.79. The first-order valence-corrected chi connectivity index (χ1v) is 6.68. The Morgan fingerprint density at radius 1 is 1.39 bits per heavy atom. The fourth-order valence-electron chi connectivity index (χ4n) is 2.54. The fourth-order valence-corrected chi connectivity index (χ4v) is 2.54. The molecule has 0 bridgehead atoms. The quantitative estimate of drug-likeness (QED) is 0.892. The van der Waals surface area contributed by atoms with Crippen LogP contribution < -0.4 is 10.5 Å². The van der Waals surface area contributed by atoms with Gasteiger partial charge in [-0.25, -0.2) is 0 Å². The zero-order valence-electron chi connectivity index (χ0n) is 11.3. The van der Waals surface area contributed by atoms with Crippen LogP contribution in [0.3, 0.4) is 0 Å². The lowest BCUT2D eigenvalue weighted by molar-refractivity contribution is 0.0618. The second-order valence-electron chi connectivity index (χ2n) is 5.13. The molecule has 3 heteroatoms. The van der Waals surface area contributed by atoms with Crippen molar-refractivity contribution in [3.05, 3.63) is 29.3 Å². The molecule has 1 atom stereocenters. The SMILES string of the molecule is COc1cc(C(N)CC2CCOCC2)ccc1C. The van der Waals surface area contributed by atoms with Crippen LogP contribution in [0, 0.1) is 12.8 Å². The normalized spacial score (nSPS) is 18.6. The van der Waals surface area contributed by atoms with Gasteiger partial charge in [0.2, 0.25) is 0 Å². The molecule has 100 valence electrons. The molecule has 1 fully saturated rings. The largest absolute Gasteiger partial charge is 0.496 e. The van der Waals surface area contributed by atoms with E-state index in [2.05, 4.69) is 18.2 Å². The van der Waals surface area contributed by atoms with Crippen LogP contribution in [-0.2, 0) is 4.74 Å². The summed E-state index contributed by atoms with van der Waals surface area (Å²) in [6.45, 7) is 3.82. The molecule has 1 aromatic carbocycles. The summed E-state index contributed by atoms with van der Waals surface area (Å²) in [5.41, 5.74) is 8.63. The topological polar surface area (TPSA) is 44.5 Å². The summed E-state index contributed by atoms with van der Waals surface area (Å²) in [6.07, 6.45) is 3.31. The Morgan fingerprint density at radius 3 is 2.78 bits per heavy atom. The summed E-state index contributed by atoms with van der Waals surface area (Å²) < 4.78 is 10.7. The maximum Gasteiger partial charge on any atom is 0.122 e. The molecule has 1 saturated heterocycles. The number of methoxy groups -OCH3 is 1. The van der Waals surface area contributed by atoms with Gasteiger partial charge in [0.25, 0.3) is 0 Å². The zero-order chi connectivity index (χ0) is 13.0. The van der Waals surface area contributed by atoms with Crippen molar-refractivity contribution in [1.82, 2.24) is 0 Å². The number of hydrogen-bond donors (Lipinski definition) is 1. The Morgan fingerprint density at radius 2 is 2.11 bits per heavy atom. The zero-order valence-corrected chi connectivity index (χ0v) is 11.3. The summed E-state index contributed by atoms with van der Waals surface area (Å²) in [5, 5.41) is 0. The first-order valence-electron chi connectivity index (χ1n) is 6.68. The minimum atomic E-state index is 0.0996. The fraction of sp³-hybridized carbons (Fsp3) is 0.600. The van der Waals surface area contributed by atoms with Crippen molar-refractivity contribution in [3.63, 3.8) is 0 Å². The first-order chi connectivity index (χ1) is 8.70. The molecule has 1 heterocycles. The molecule has 18 heavy (non-hydrogen) atoms. The second-order valence-corrected chi connectivity index (χ2v) is 5.13. The summed E-state index contributed by atoms with van der Waals surface area (Å²) in [5.74, 6) is 1.62. The molecule has 3 nitrogen and oxygen atoms in total. The third-order valence-corrected chi connectivity index (χ3v) is 3.79. The van der Waals surface area contributed by atoms with E-state index < -0.39 is 0 Å². The lowest BCUT2D eigenvalue weighted by Crippen LogP contribution is -2.21. The van der Waals surface area contributed by atoms with Crippen molar-refractivity contribution in [3.8, 4) is 5.75 Å². The molecule has 0 aromatic heterocycles. The average Bonchev–Trinajstić information content (AvgIpc) is 2.40. The summed E-state index contributed by atoms with van der Waals surface area (Å²) >= 11 is 0. The van der Waals surface area contributed by atoms with Crippen molar-refractivity contribution in [1.29, 1.82) is 0 Å². The van der Waals surface area contributed by atoms with Gasteiger partial charge in [-0.15, -0.1) is 0 Å². The number of ether oxygens (including phenoxy) is 2. The molecule has 0 amide bonds. The molecule has 0 saturated carbocycles. The molecule has 0 radical (unpaired) electrons. The van der Waals surface area contributed by atoms with Crippen LogP contribution in [0.2, 0.25) is 0 Å². The van der Waals surface area contributed by atoms with Gasteiger partial charge in [0.15, 0.2) is 0 Å².